The third-order valence-corrected chi connectivity index (χ3v) is 1.03. The lowest BCUT2D eigenvalue weighted by atomic mass is 10.3. The first kappa shape index (κ1) is 6.49. The first-order valence-corrected chi connectivity index (χ1v) is 2.55. The Labute approximate surface area is 56.9 Å². The Bertz CT molecular complexity index is 290. The SMILES string of the molecule is N#Cc1cncc(N)c1F. The standard InChI is InChI=1S/C6H4FN3/c7-6-4(1-8)2-10-3-5(6)9/h2-3H,9H2. The summed E-state index contributed by atoms with van der Waals surface area (Å²) in [6.07, 6.45) is 2.29. The molecule has 10 heavy (non-hydrogen) atoms. The van der Waals surface area contributed by atoms with Crippen LogP contribution in [-0.4, -0.2) is 4.98 Å². The van der Waals surface area contributed by atoms with E-state index in [4.69, 9.17) is 11.0 Å². The van der Waals surface area contributed by atoms with Crippen LogP contribution in [0.2, 0.25) is 0 Å². The first-order chi connectivity index (χ1) is 4.75. The van der Waals surface area contributed by atoms with Crippen LogP contribution in [0.1, 0.15) is 5.56 Å². The predicted molar refractivity (Wildman–Crippen MR) is 33.3 cm³/mol. The van der Waals surface area contributed by atoms with E-state index in [-0.39, 0.29) is 11.3 Å². The molecule has 0 spiro atoms. The average Bonchev–Trinajstić information content (AvgIpc) is 1.95. The smallest absolute Gasteiger partial charge is 0.166 e. The molecule has 0 bridgehead atoms. The van der Waals surface area contributed by atoms with E-state index >= 15 is 0 Å². The maximum absolute atomic E-state index is 12.6. The first-order valence-electron chi connectivity index (χ1n) is 2.55. The van der Waals surface area contributed by atoms with Crippen molar-refractivity contribution in [2.45, 2.75) is 0 Å². The topological polar surface area (TPSA) is 62.7 Å². The molecular formula is C6H4FN3. The molecule has 0 saturated heterocycles. The number of halogens is 1. The highest BCUT2D eigenvalue weighted by Crippen LogP contribution is 2.10. The van der Waals surface area contributed by atoms with Crippen LogP contribution in [0.4, 0.5) is 10.1 Å². The van der Waals surface area contributed by atoms with Crippen molar-refractivity contribution in [1.82, 2.24) is 4.98 Å². The Morgan fingerprint density at radius 2 is 2.30 bits per heavy atom. The van der Waals surface area contributed by atoms with Gasteiger partial charge in [0.15, 0.2) is 5.82 Å². The van der Waals surface area contributed by atoms with E-state index in [0.29, 0.717) is 0 Å². The summed E-state index contributed by atoms with van der Waals surface area (Å²) in [4.78, 5) is 3.53. The molecule has 1 aromatic rings. The molecule has 2 N–H and O–H groups in total. The molecule has 0 radical (unpaired) electrons. The second kappa shape index (κ2) is 2.31. The summed E-state index contributed by atoms with van der Waals surface area (Å²) >= 11 is 0. The van der Waals surface area contributed by atoms with Gasteiger partial charge in [0.25, 0.3) is 0 Å². The zero-order chi connectivity index (χ0) is 7.56. The van der Waals surface area contributed by atoms with E-state index in [1.807, 2.05) is 0 Å². The molecule has 0 aliphatic carbocycles. The van der Waals surface area contributed by atoms with Crippen molar-refractivity contribution in [2.24, 2.45) is 0 Å². The Kier molecular flexibility index (Phi) is 1.50. The van der Waals surface area contributed by atoms with Gasteiger partial charge in [-0.2, -0.15) is 5.26 Å². The van der Waals surface area contributed by atoms with Crippen LogP contribution in [-0.2, 0) is 0 Å². The number of hydrogen-bond acceptors (Lipinski definition) is 3. The molecule has 4 heteroatoms. The number of nitriles is 1. The third-order valence-electron chi connectivity index (χ3n) is 1.03. The molecular weight excluding hydrogens is 133 g/mol. The van der Waals surface area contributed by atoms with Gasteiger partial charge in [-0.15, -0.1) is 0 Å². The molecule has 0 aromatic carbocycles. The number of aromatic nitrogens is 1. The van der Waals surface area contributed by atoms with Gasteiger partial charge in [0.1, 0.15) is 11.6 Å². The highest BCUT2D eigenvalue weighted by molar-refractivity contribution is 5.44. The minimum Gasteiger partial charge on any atom is -0.395 e. The lowest BCUT2D eigenvalue weighted by Crippen LogP contribution is -1.94. The van der Waals surface area contributed by atoms with Gasteiger partial charge in [-0.1, -0.05) is 0 Å². The van der Waals surface area contributed by atoms with E-state index < -0.39 is 5.82 Å². The number of pyridine rings is 1. The minimum absolute atomic E-state index is 0.0981. The number of nitrogens with two attached hydrogens (primary N) is 1. The fourth-order valence-electron chi connectivity index (χ4n) is 0.539. The van der Waals surface area contributed by atoms with Gasteiger partial charge in [0.2, 0.25) is 0 Å². The highest BCUT2D eigenvalue weighted by atomic mass is 19.1. The predicted octanol–water partition coefficient (Wildman–Crippen LogP) is 0.675. The maximum atomic E-state index is 12.6. The van der Waals surface area contributed by atoms with Gasteiger partial charge in [0, 0.05) is 6.20 Å². The van der Waals surface area contributed by atoms with Gasteiger partial charge in [-0.3, -0.25) is 4.98 Å². The Morgan fingerprint density at radius 1 is 1.60 bits per heavy atom. The summed E-state index contributed by atoms with van der Waals surface area (Å²) in [6, 6.07) is 1.62. The molecule has 0 fully saturated rings. The van der Waals surface area contributed by atoms with E-state index in [1.165, 1.54) is 0 Å². The molecule has 0 unspecified atom stereocenters. The zero-order valence-electron chi connectivity index (χ0n) is 5.00. The molecule has 0 aliphatic rings. The summed E-state index contributed by atoms with van der Waals surface area (Å²) in [5, 5.41) is 8.26. The molecule has 0 aliphatic heterocycles. The summed E-state index contributed by atoms with van der Waals surface area (Å²) in [7, 11) is 0. The van der Waals surface area contributed by atoms with Crippen molar-refractivity contribution >= 4 is 5.69 Å². The van der Waals surface area contributed by atoms with E-state index in [1.54, 1.807) is 6.07 Å². The molecule has 1 aromatic heterocycles. The summed E-state index contributed by atoms with van der Waals surface area (Å²) in [6.45, 7) is 0. The van der Waals surface area contributed by atoms with Gasteiger partial charge >= 0.3 is 0 Å². The molecule has 50 valence electrons. The van der Waals surface area contributed by atoms with Crippen molar-refractivity contribution in [3.8, 4) is 6.07 Å². The minimum atomic E-state index is -0.697. The number of rotatable bonds is 0. The molecule has 0 amide bonds. The molecule has 3 nitrogen and oxygen atoms in total. The van der Waals surface area contributed by atoms with Crippen LogP contribution in [0.5, 0.6) is 0 Å². The second-order valence-electron chi connectivity index (χ2n) is 1.70. The average molecular weight is 137 g/mol. The van der Waals surface area contributed by atoms with Gasteiger partial charge in [-0.05, 0) is 0 Å². The Hall–Kier alpha value is -1.63. The van der Waals surface area contributed by atoms with Crippen molar-refractivity contribution in [1.29, 1.82) is 5.26 Å². The quantitative estimate of drug-likeness (QED) is 0.571. The molecule has 1 heterocycles. The lowest BCUT2D eigenvalue weighted by molar-refractivity contribution is 0.626. The largest absolute Gasteiger partial charge is 0.395 e. The van der Waals surface area contributed by atoms with Crippen molar-refractivity contribution in [2.75, 3.05) is 5.73 Å². The summed E-state index contributed by atoms with van der Waals surface area (Å²) < 4.78 is 12.6. The Balaban J connectivity index is 3.31. The zero-order valence-corrected chi connectivity index (χ0v) is 5.00. The molecule has 0 saturated carbocycles. The van der Waals surface area contributed by atoms with Crippen LogP contribution < -0.4 is 5.73 Å². The fourth-order valence-corrected chi connectivity index (χ4v) is 0.539. The summed E-state index contributed by atoms with van der Waals surface area (Å²) in [5.41, 5.74) is 4.88. The van der Waals surface area contributed by atoms with E-state index in [0.717, 1.165) is 12.4 Å². The van der Waals surface area contributed by atoms with Gasteiger partial charge < -0.3 is 5.73 Å². The Morgan fingerprint density at radius 3 is 2.80 bits per heavy atom. The maximum Gasteiger partial charge on any atom is 0.166 e. The number of anilines is 1. The number of hydrogen-bond donors (Lipinski definition) is 1. The third kappa shape index (κ3) is 0.890. The highest BCUT2D eigenvalue weighted by Gasteiger charge is 2.03. The van der Waals surface area contributed by atoms with Crippen LogP contribution in [0.3, 0.4) is 0 Å². The van der Waals surface area contributed by atoms with Gasteiger partial charge in [0.05, 0.1) is 11.9 Å². The fraction of sp³-hybridized carbons (Fsp3) is 0. The normalized spacial score (nSPS) is 8.80. The second-order valence-corrected chi connectivity index (χ2v) is 1.70. The van der Waals surface area contributed by atoms with Gasteiger partial charge in [-0.25, -0.2) is 4.39 Å². The monoisotopic (exact) mass is 137 g/mol. The lowest BCUT2D eigenvalue weighted by Gasteiger charge is -1.93. The van der Waals surface area contributed by atoms with E-state index in [2.05, 4.69) is 4.98 Å². The molecule has 1 rings (SSSR count). The van der Waals surface area contributed by atoms with Crippen molar-refractivity contribution in [3.63, 3.8) is 0 Å². The van der Waals surface area contributed by atoms with Crippen molar-refractivity contribution in [3.05, 3.63) is 23.8 Å². The summed E-state index contributed by atoms with van der Waals surface area (Å²) in [5.74, 6) is -0.697. The van der Waals surface area contributed by atoms with Crippen LogP contribution in [0.15, 0.2) is 12.4 Å². The van der Waals surface area contributed by atoms with Crippen LogP contribution >= 0.6 is 0 Å². The van der Waals surface area contributed by atoms with Crippen molar-refractivity contribution < 1.29 is 4.39 Å². The van der Waals surface area contributed by atoms with E-state index in [9.17, 15) is 4.39 Å². The molecule has 0 atom stereocenters. The number of nitrogen functional groups attached to an aromatic ring is 1. The van der Waals surface area contributed by atoms with Crippen LogP contribution in [0.25, 0.3) is 0 Å². The van der Waals surface area contributed by atoms with Crippen LogP contribution in [0, 0.1) is 17.1 Å². The number of nitrogens with zero attached hydrogens (tertiary/aromatic N) is 2.